The predicted octanol–water partition coefficient (Wildman–Crippen LogP) is 9.87. The summed E-state index contributed by atoms with van der Waals surface area (Å²) in [5.41, 5.74) is 0.0527. The van der Waals surface area contributed by atoms with Crippen LogP contribution in [0.25, 0.3) is 0 Å². The van der Waals surface area contributed by atoms with Gasteiger partial charge in [0.15, 0.2) is 0 Å². The summed E-state index contributed by atoms with van der Waals surface area (Å²) in [5.74, 6) is -0.602. The van der Waals surface area contributed by atoms with Crippen molar-refractivity contribution in [2.45, 2.75) is 156 Å². The van der Waals surface area contributed by atoms with E-state index in [0.717, 1.165) is 19.3 Å². The molecule has 30 heavy (non-hydrogen) atoms. The van der Waals surface area contributed by atoms with Gasteiger partial charge in [0.1, 0.15) is 0 Å². The minimum absolute atomic E-state index is 0.0527. The molecule has 0 aliphatic rings. The van der Waals surface area contributed by atoms with E-state index in [1.54, 1.807) is 0 Å². The lowest BCUT2D eigenvalue weighted by Gasteiger charge is -2.33. The molecule has 0 aromatic rings. The molecule has 0 saturated heterocycles. The number of hydrogen-bond acceptors (Lipinski definition) is 1. The summed E-state index contributed by atoms with van der Waals surface area (Å²) in [6.45, 7) is 6.71. The Morgan fingerprint density at radius 2 is 1.00 bits per heavy atom. The lowest BCUT2D eigenvalue weighted by Crippen LogP contribution is -2.25. The van der Waals surface area contributed by atoms with E-state index in [1.807, 2.05) is 0 Å². The Kier molecular flexibility index (Phi) is 20.9. The largest absolute Gasteiger partial charge is 0.481 e. The lowest BCUT2D eigenvalue weighted by molar-refractivity contribution is -0.140. The van der Waals surface area contributed by atoms with Crippen molar-refractivity contribution in [3.05, 3.63) is 12.2 Å². The summed E-state index contributed by atoms with van der Waals surface area (Å²) in [5, 5.41) is 9.47. The van der Waals surface area contributed by atoms with Gasteiger partial charge in [-0.3, -0.25) is 4.79 Å². The molecule has 2 nitrogen and oxygen atoms in total. The lowest BCUT2D eigenvalue weighted by atomic mass is 9.72. The monoisotopic (exact) mass is 422 g/mol. The molecule has 0 radical (unpaired) electrons. The van der Waals surface area contributed by atoms with Crippen LogP contribution < -0.4 is 0 Å². The Morgan fingerprint density at radius 1 is 0.600 bits per heavy atom. The summed E-state index contributed by atoms with van der Waals surface area (Å²) in [6.07, 6.45) is 30.3. The van der Waals surface area contributed by atoms with Gasteiger partial charge in [-0.05, 0) is 50.4 Å². The SMILES string of the molecule is CCCCCCCC/C=C\CCCCCCCC(CCCC)(CCCC)CC(=O)O. The highest BCUT2D eigenvalue weighted by molar-refractivity contribution is 5.67. The zero-order chi connectivity index (χ0) is 22.3. The third-order valence-electron chi connectivity index (χ3n) is 6.62. The molecule has 0 atom stereocenters. The summed E-state index contributed by atoms with van der Waals surface area (Å²) >= 11 is 0. The Labute approximate surface area is 189 Å². The van der Waals surface area contributed by atoms with Crippen molar-refractivity contribution in [3.8, 4) is 0 Å². The first kappa shape index (κ1) is 29.2. The maximum atomic E-state index is 11.5. The van der Waals surface area contributed by atoms with Crippen LogP contribution in [0, 0.1) is 5.41 Å². The standard InChI is InChI=1S/C28H54O2/c1-4-7-10-11-12-13-14-15-16-17-18-19-20-21-22-25-28(23-8-5-2,24-9-6-3)26-27(29)30/h15-16H,4-14,17-26H2,1-3H3,(H,29,30)/b16-15-. The van der Waals surface area contributed by atoms with Crippen LogP contribution in [0.2, 0.25) is 0 Å². The van der Waals surface area contributed by atoms with Gasteiger partial charge in [0.2, 0.25) is 0 Å². The van der Waals surface area contributed by atoms with Crippen molar-refractivity contribution in [1.82, 2.24) is 0 Å². The highest BCUT2D eigenvalue weighted by Gasteiger charge is 2.31. The third kappa shape index (κ3) is 18.0. The van der Waals surface area contributed by atoms with Crippen LogP contribution in [-0.2, 0) is 4.79 Å². The number of carboxylic acids is 1. The van der Waals surface area contributed by atoms with Gasteiger partial charge in [-0.25, -0.2) is 0 Å². The molecule has 0 aliphatic heterocycles. The van der Waals surface area contributed by atoms with Crippen molar-refractivity contribution < 1.29 is 9.90 Å². The number of allylic oxidation sites excluding steroid dienone is 2. The average molecular weight is 423 g/mol. The Balaban J connectivity index is 3.89. The topological polar surface area (TPSA) is 37.3 Å². The van der Waals surface area contributed by atoms with Crippen molar-refractivity contribution in [1.29, 1.82) is 0 Å². The van der Waals surface area contributed by atoms with Crippen LogP contribution in [0.15, 0.2) is 12.2 Å². The third-order valence-corrected chi connectivity index (χ3v) is 6.62. The van der Waals surface area contributed by atoms with E-state index >= 15 is 0 Å². The van der Waals surface area contributed by atoms with Gasteiger partial charge >= 0.3 is 5.97 Å². The molecule has 0 amide bonds. The van der Waals surface area contributed by atoms with Crippen molar-refractivity contribution in [2.24, 2.45) is 5.41 Å². The maximum absolute atomic E-state index is 11.5. The maximum Gasteiger partial charge on any atom is 0.303 e. The molecule has 0 unspecified atom stereocenters. The van der Waals surface area contributed by atoms with Crippen LogP contribution in [0.3, 0.4) is 0 Å². The van der Waals surface area contributed by atoms with E-state index in [-0.39, 0.29) is 5.41 Å². The number of unbranched alkanes of at least 4 members (excludes halogenated alkanes) is 13. The van der Waals surface area contributed by atoms with Crippen LogP contribution >= 0.6 is 0 Å². The first-order valence-corrected chi connectivity index (χ1v) is 13.5. The van der Waals surface area contributed by atoms with Crippen molar-refractivity contribution in [3.63, 3.8) is 0 Å². The van der Waals surface area contributed by atoms with Gasteiger partial charge in [-0.2, -0.15) is 0 Å². The fourth-order valence-corrected chi connectivity index (χ4v) is 4.64. The first-order valence-electron chi connectivity index (χ1n) is 13.5. The zero-order valence-electron chi connectivity index (χ0n) is 20.9. The van der Waals surface area contributed by atoms with E-state index in [4.69, 9.17) is 0 Å². The predicted molar refractivity (Wildman–Crippen MR) is 133 cm³/mol. The molecular weight excluding hydrogens is 368 g/mol. The molecule has 0 rings (SSSR count). The second-order valence-electron chi connectivity index (χ2n) is 9.61. The fourth-order valence-electron chi connectivity index (χ4n) is 4.64. The minimum atomic E-state index is -0.602. The fraction of sp³-hybridized carbons (Fsp3) is 0.893. The highest BCUT2D eigenvalue weighted by atomic mass is 16.4. The Hall–Kier alpha value is -0.790. The second kappa shape index (κ2) is 21.4. The smallest absolute Gasteiger partial charge is 0.303 e. The van der Waals surface area contributed by atoms with E-state index in [9.17, 15) is 9.90 Å². The molecule has 0 heterocycles. The Morgan fingerprint density at radius 3 is 1.47 bits per heavy atom. The van der Waals surface area contributed by atoms with Gasteiger partial charge < -0.3 is 5.11 Å². The normalized spacial score (nSPS) is 12.1. The number of rotatable bonds is 23. The van der Waals surface area contributed by atoms with Crippen molar-refractivity contribution >= 4 is 5.97 Å². The van der Waals surface area contributed by atoms with Crippen LogP contribution in [0.1, 0.15) is 156 Å². The molecule has 0 fully saturated rings. The highest BCUT2D eigenvalue weighted by Crippen LogP contribution is 2.40. The molecule has 2 heteroatoms. The molecule has 0 bridgehead atoms. The molecule has 1 N–H and O–H groups in total. The quantitative estimate of drug-likeness (QED) is 0.131. The van der Waals surface area contributed by atoms with Gasteiger partial charge in [0, 0.05) is 0 Å². The number of hydrogen-bond donors (Lipinski definition) is 1. The van der Waals surface area contributed by atoms with Crippen LogP contribution in [0.5, 0.6) is 0 Å². The molecule has 0 aromatic carbocycles. The molecule has 0 spiro atoms. The molecule has 0 aliphatic carbocycles. The van der Waals surface area contributed by atoms with Crippen LogP contribution in [0.4, 0.5) is 0 Å². The van der Waals surface area contributed by atoms with Crippen molar-refractivity contribution in [2.75, 3.05) is 0 Å². The average Bonchev–Trinajstić information content (AvgIpc) is 2.73. The molecular formula is C28H54O2. The van der Waals surface area contributed by atoms with Crippen LogP contribution in [-0.4, -0.2) is 11.1 Å². The molecule has 0 aromatic heterocycles. The summed E-state index contributed by atoms with van der Waals surface area (Å²) < 4.78 is 0. The zero-order valence-corrected chi connectivity index (χ0v) is 20.9. The minimum Gasteiger partial charge on any atom is -0.481 e. The summed E-state index contributed by atoms with van der Waals surface area (Å²) in [4.78, 5) is 11.5. The van der Waals surface area contributed by atoms with E-state index in [0.29, 0.717) is 6.42 Å². The van der Waals surface area contributed by atoms with E-state index in [2.05, 4.69) is 32.9 Å². The van der Waals surface area contributed by atoms with E-state index < -0.39 is 5.97 Å². The number of aliphatic carboxylic acids is 1. The summed E-state index contributed by atoms with van der Waals surface area (Å²) in [6, 6.07) is 0. The first-order chi connectivity index (χ1) is 14.6. The second-order valence-corrected chi connectivity index (χ2v) is 9.61. The van der Waals surface area contributed by atoms with Gasteiger partial charge in [0.25, 0.3) is 0 Å². The molecule has 178 valence electrons. The Bertz CT molecular complexity index is 391. The van der Waals surface area contributed by atoms with Gasteiger partial charge in [0.05, 0.1) is 6.42 Å². The number of carboxylic acid groups (broad SMARTS) is 1. The van der Waals surface area contributed by atoms with Gasteiger partial charge in [-0.1, -0.05) is 116 Å². The van der Waals surface area contributed by atoms with E-state index in [1.165, 1.54) is 109 Å². The summed E-state index contributed by atoms with van der Waals surface area (Å²) in [7, 11) is 0. The number of carbonyl (C=O) groups is 1. The van der Waals surface area contributed by atoms with Gasteiger partial charge in [-0.15, -0.1) is 0 Å². The molecule has 0 saturated carbocycles.